The van der Waals surface area contributed by atoms with E-state index in [0.717, 1.165) is 32.5 Å². The third kappa shape index (κ3) is 2.77. The highest BCUT2D eigenvalue weighted by atomic mass is 16.4. The number of carboxylic acids is 1. The average Bonchev–Trinajstić information content (AvgIpc) is 2.61. The first-order valence-electron chi connectivity index (χ1n) is 6.28. The van der Waals surface area contributed by atoms with Crippen molar-refractivity contribution in [2.24, 2.45) is 5.92 Å². The molecule has 0 spiro atoms. The molecule has 0 bridgehead atoms. The summed E-state index contributed by atoms with van der Waals surface area (Å²) in [4.78, 5) is 26.9. The normalized spacial score (nSPS) is 27.7. The summed E-state index contributed by atoms with van der Waals surface area (Å²) in [5.74, 6) is -1.09. The fourth-order valence-corrected chi connectivity index (χ4v) is 2.83. The van der Waals surface area contributed by atoms with Crippen LogP contribution in [0.15, 0.2) is 0 Å². The molecule has 0 radical (unpaired) electrons. The summed E-state index contributed by atoms with van der Waals surface area (Å²) in [5, 5.41) is 8.75. The summed E-state index contributed by atoms with van der Waals surface area (Å²) in [5.41, 5.74) is 0. The minimum absolute atomic E-state index is 0.0119. The van der Waals surface area contributed by atoms with Crippen LogP contribution in [0.2, 0.25) is 0 Å². The van der Waals surface area contributed by atoms with Gasteiger partial charge in [-0.1, -0.05) is 0 Å². The number of carbonyl (C=O) groups is 2. The molecule has 17 heavy (non-hydrogen) atoms. The van der Waals surface area contributed by atoms with Gasteiger partial charge in [-0.3, -0.25) is 9.59 Å². The van der Waals surface area contributed by atoms with Crippen molar-refractivity contribution < 1.29 is 14.7 Å². The molecule has 5 nitrogen and oxygen atoms in total. The molecule has 0 saturated carbocycles. The molecule has 96 valence electrons. The van der Waals surface area contributed by atoms with Crippen molar-refractivity contribution in [2.75, 3.05) is 26.7 Å². The number of aliphatic carboxylic acids is 1. The number of amides is 1. The van der Waals surface area contributed by atoms with Crippen molar-refractivity contribution in [3.8, 4) is 0 Å². The van der Waals surface area contributed by atoms with Crippen molar-refractivity contribution in [3.05, 3.63) is 0 Å². The molecule has 1 atom stereocenters. The standard InChI is InChI=1S/C12H20N2O3/c1-13-5-3-10(4-6-13)14-7-2-9(12(14)17)8-11(15)16/h9-10H,2-8H2,1H3,(H,15,16). The number of likely N-dealkylation sites (tertiary alicyclic amines) is 2. The molecule has 0 aliphatic carbocycles. The number of carbonyl (C=O) groups excluding carboxylic acids is 1. The lowest BCUT2D eigenvalue weighted by atomic mass is 10.0. The molecule has 2 aliphatic rings. The Morgan fingerprint density at radius 1 is 1.29 bits per heavy atom. The van der Waals surface area contributed by atoms with E-state index in [0.29, 0.717) is 12.5 Å². The van der Waals surface area contributed by atoms with Crippen molar-refractivity contribution in [2.45, 2.75) is 31.7 Å². The lowest BCUT2D eigenvalue weighted by Crippen LogP contribution is -2.45. The molecule has 2 aliphatic heterocycles. The van der Waals surface area contributed by atoms with Crippen molar-refractivity contribution in [3.63, 3.8) is 0 Å². The molecule has 1 unspecified atom stereocenters. The number of hydrogen-bond acceptors (Lipinski definition) is 3. The molecule has 2 saturated heterocycles. The number of rotatable bonds is 3. The zero-order valence-electron chi connectivity index (χ0n) is 10.3. The zero-order chi connectivity index (χ0) is 12.4. The Morgan fingerprint density at radius 2 is 1.94 bits per heavy atom. The molecule has 0 aromatic carbocycles. The Hall–Kier alpha value is -1.10. The van der Waals surface area contributed by atoms with E-state index in [9.17, 15) is 9.59 Å². The highest BCUT2D eigenvalue weighted by Gasteiger charge is 2.37. The summed E-state index contributed by atoms with van der Waals surface area (Å²) in [7, 11) is 2.09. The van der Waals surface area contributed by atoms with Gasteiger partial charge in [0.15, 0.2) is 0 Å². The highest BCUT2D eigenvalue weighted by molar-refractivity contribution is 5.85. The molecular weight excluding hydrogens is 220 g/mol. The van der Waals surface area contributed by atoms with E-state index in [2.05, 4.69) is 11.9 Å². The molecule has 2 rings (SSSR count). The van der Waals surface area contributed by atoms with Gasteiger partial charge in [0.25, 0.3) is 0 Å². The Bertz CT molecular complexity index is 311. The Morgan fingerprint density at radius 3 is 2.53 bits per heavy atom. The molecule has 1 N–H and O–H groups in total. The predicted molar refractivity (Wildman–Crippen MR) is 62.6 cm³/mol. The van der Waals surface area contributed by atoms with Gasteiger partial charge >= 0.3 is 5.97 Å². The first-order chi connectivity index (χ1) is 8.08. The second kappa shape index (κ2) is 5.04. The van der Waals surface area contributed by atoms with E-state index in [4.69, 9.17) is 5.11 Å². The van der Waals surface area contributed by atoms with Crippen LogP contribution in [0.5, 0.6) is 0 Å². The van der Waals surface area contributed by atoms with Crippen molar-refractivity contribution in [1.29, 1.82) is 0 Å². The van der Waals surface area contributed by atoms with Crippen LogP contribution in [0, 0.1) is 5.92 Å². The van der Waals surface area contributed by atoms with E-state index in [1.807, 2.05) is 4.90 Å². The maximum Gasteiger partial charge on any atom is 0.304 e. The van der Waals surface area contributed by atoms with Gasteiger partial charge in [0.1, 0.15) is 0 Å². The fraction of sp³-hybridized carbons (Fsp3) is 0.833. The van der Waals surface area contributed by atoms with Gasteiger partial charge < -0.3 is 14.9 Å². The average molecular weight is 240 g/mol. The van der Waals surface area contributed by atoms with Crippen molar-refractivity contribution >= 4 is 11.9 Å². The third-order valence-corrected chi connectivity index (χ3v) is 3.90. The van der Waals surface area contributed by atoms with Crippen LogP contribution in [-0.4, -0.2) is 59.5 Å². The van der Waals surface area contributed by atoms with E-state index in [1.165, 1.54) is 0 Å². The number of hydrogen-bond donors (Lipinski definition) is 1. The van der Waals surface area contributed by atoms with E-state index in [-0.39, 0.29) is 18.2 Å². The molecular formula is C12H20N2O3. The first kappa shape index (κ1) is 12.4. The maximum absolute atomic E-state index is 12.1. The van der Waals surface area contributed by atoms with Gasteiger partial charge in [-0.05, 0) is 39.4 Å². The molecule has 1 amide bonds. The van der Waals surface area contributed by atoms with E-state index < -0.39 is 5.97 Å². The van der Waals surface area contributed by atoms with Crippen LogP contribution in [0.1, 0.15) is 25.7 Å². The second-order valence-electron chi connectivity index (χ2n) is 5.15. The van der Waals surface area contributed by atoms with Crippen molar-refractivity contribution in [1.82, 2.24) is 9.80 Å². The Labute approximate surface area is 101 Å². The molecule has 0 aromatic heterocycles. The van der Waals surface area contributed by atoms with Gasteiger partial charge in [-0.25, -0.2) is 0 Å². The minimum atomic E-state index is -0.867. The lowest BCUT2D eigenvalue weighted by molar-refractivity contribution is -0.142. The summed E-state index contributed by atoms with van der Waals surface area (Å²) >= 11 is 0. The van der Waals surface area contributed by atoms with Crippen LogP contribution in [-0.2, 0) is 9.59 Å². The molecule has 2 fully saturated rings. The Balaban J connectivity index is 1.91. The van der Waals surface area contributed by atoms with Crippen LogP contribution in [0.25, 0.3) is 0 Å². The van der Waals surface area contributed by atoms with Crippen LogP contribution >= 0.6 is 0 Å². The molecule has 0 aromatic rings. The quantitative estimate of drug-likeness (QED) is 0.776. The predicted octanol–water partition coefficient (Wildman–Crippen LogP) is 0.404. The van der Waals surface area contributed by atoms with Gasteiger partial charge in [-0.15, -0.1) is 0 Å². The topological polar surface area (TPSA) is 60.9 Å². The highest BCUT2D eigenvalue weighted by Crippen LogP contribution is 2.27. The van der Waals surface area contributed by atoms with Gasteiger partial charge in [0, 0.05) is 12.6 Å². The number of carboxylic acid groups (broad SMARTS) is 1. The SMILES string of the molecule is CN1CCC(N2CCC(CC(=O)O)C2=O)CC1. The van der Waals surface area contributed by atoms with Crippen LogP contribution in [0.3, 0.4) is 0 Å². The lowest BCUT2D eigenvalue weighted by Gasteiger charge is -2.35. The van der Waals surface area contributed by atoms with Gasteiger partial charge in [0.2, 0.25) is 5.91 Å². The summed E-state index contributed by atoms with van der Waals surface area (Å²) in [6, 6.07) is 0.331. The second-order valence-corrected chi connectivity index (χ2v) is 5.15. The smallest absolute Gasteiger partial charge is 0.304 e. The van der Waals surface area contributed by atoms with Gasteiger partial charge in [-0.2, -0.15) is 0 Å². The van der Waals surface area contributed by atoms with E-state index in [1.54, 1.807) is 0 Å². The largest absolute Gasteiger partial charge is 0.481 e. The molecule has 5 heteroatoms. The maximum atomic E-state index is 12.1. The van der Waals surface area contributed by atoms with E-state index >= 15 is 0 Å². The summed E-state index contributed by atoms with van der Waals surface area (Å²) < 4.78 is 0. The molecule has 2 heterocycles. The van der Waals surface area contributed by atoms with Crippen LogP contribution < -0.4 is 0 Å². The minimum Gasteiger partial charge on any atom is -0.481 e. The third-order valence-electron chi connectivity index (χ3n) is 3.90. The summed E-state index contributed by atoms with van der Waals surface area (Å²) in [6.07, 6.45) is 2.73. The Kier molecular flexibility index (Phi) is 3.66. The first-order valence-corrected chi connectivity index (χ1v) is 6.28. The fourth-order valence-electron chi connectivity index (χ4n) is 2.83. The van der Waals surface area contributed by atoms with Crippen LogP contribution in [0.4, 0.5) is 0 Å². The number of piperidine rings is 1. The zero-order valence-corrected chi connectivity index (χ0v) is 10.3. The monoisotopic (exact) mass is 240 g/mol. The van der Waals surface area contributed by atoms with Gasteiger partial charge in [0.05, 0.1) is 12.3 Å². The number of nitrogens with zero attached hydrogens (tertiary/aromatic N) is 2. The summed E-state index contributed by atoms with van der Waals surface area (Å²) in [6.45, 7) is 2.79.